The molecular weight excluding hydrogens is 398 g/mol. The molecule has 0 radical (unpaired) electrons. The minimum absolute atomic E-state index is 0.255. The quantitative estimate of drug-likeness (QED) is 0.299. The number of anilines is 1. The molecule has 1 nitrogen and oxygen atoms in total. The Kier molecular flexibility index (Phi) is 6.60. The van der Waals surface area contributed by atoms with Crippen LogP contribution < -0.4 is 4.90 Å². The number of hydrogen-bond acceptors (Lipinski definition) is 1. The van der Waals surface area contributed by atoms with Gasteiger partial charge in [0.15, 0.2) is 0 Å². The van der Waals surface area contributed by atoms with E-state index in [9.17, 15) is 0 Å². The number of halogens is 1. The Balaban J connectivity index is 1.62. The molecule has 0 aliphatic rings. The lowest BCUT2D eigenvalue weighted by molar-refractivity contribution is 0.553. The van der Waals surface area contributed by atoms with Crippen LogP contribution in [0.1, 0.15) is 30.4 Å². The van der Waals surface area contributed by atoms with Gasteiger partial charge < -0.3 is 4.90 Å². The van der Waals surface area contributed by atoms with Crippen LogP contribution in [0.4, 0.5) is 5.69 Å². The van der Waals surface area contributed by atoms with Gasteiger partial charge in [-0.15, -0.1) is 0 Å². The van der Waals surface area contributed by atoms with Crippen molar-refractivity contribution in [3.8, 4) is 11.8 Å². The van der Waals surface area contributed by atoms with E-state index in [1.54, 1.807) is 0 Å². The highest BCUT2D eigenvalue weighted by Crippen LogP contribution is 2.31. The first kappa shape index (κ1) is 21.0. The first-order chi connectivity index (χ1) is 15.1. The van der Waals surface area contributed by atoms with E-state index in [1.165, 1.54) is 22.0 Å². The summed E-state index contributed by atoms with van der Waals surface area (Å²) in [7, 11) is 2.17. The van der Waals surface area contributed by atoms with Crippen molar-refractivity contribution < 1.29 is 0 Å². The molecule has 4 aromatic rings. The van der Waals surface area contributed by atoms with Gasteiger partial charge in [0.1, 0.15) is 0 Å². The topological polar surface area (TPSA) is 3.24 Å². The lowest BCUT2D eigenvalue weighted by Gasteiger charge is -2.33. The maximum atomic E-state index is 6.16. The van der Waals surface area contributed by atoms with Crippen molar-refractivity contribution in [2.24, 2.45) is 0 Å². The highest BCUT2D eigenvalue weighted by Gasteiger charge is 2.23. The van der Waals surface area contributed by atoms with Gasteiger partial charge in [-0.3, -0.25) is 0 Å². The second-order valence-electron chi connectivity index (χ2n) is 7.91. The van der Waals surface area contributed by atoms with Gasteiger partial charge in [0.2, 0.25) is 0 Å². The first-order valence-electron chi connectivity index (χ1n) is 10.6. The van der Waals surface area contributed by atoms with Crippen LogP contribution in [-0.4, -0.2) is 13.1 Å². The molecule has 2 unspecified atom stereocenters. The summed E-state index contributed by atoms with van der Waals surface area (Å²) >= 11 is 6.16. The number of likely N-dealkylation sites (N-methyl/N-ethyl adjacent to an activating group) is 1. The van der Waals surface area contributed by atoms with E-state index in [0.29, 0.717) is 0 Å². The highest BCUT2D eigenvalue weighted by molar-refractivity contribution is 6.30. The van der Waals surface area contributed by atoms with Crippen LogP contribution in [0.2, 0.25) is 5.02 Å². The van der Waals surface area contributed by atoms with Gasteiger partial charge in [-0.1, -0.05) is 84.1 Å². The molecule has 0 aromatic heterocycles. The number of benzene rings is 4. The zero-order valence-corrected chi connectivity index (χ0v) is 18.7. The summed E-state index contributed by atoms with van der Waals surface area (Å²) in [5.74, 6) is 7.00. The summed E-state index contributed by atoms with van der Waals surface area (Å²) in [6.07, 6.45) is 0.773. The molecule has 0 saturated carbocycles. The highest BCUT2D eigenvalue weighted by atomic mass is 35.5. The predicted octanol–water partition coefficient (Wildman–Crippen LogP) is 7.54. The Hall–Kier alpha value is -3.21. The van der Waals surface area contributed by atoms with Crippen LogP contribution in [0.25, 0.3) is 10.8 Å². The van der Waals surface area contributed by atoms with Crippen LogP contribution in [0, 0.1) is 11.8 Å². The van der Waals surface area contributed by atoms with E-state index in [1.807, 2.05) is 30.3 Å². The second kappa shape index (κ2) is 9.73. The molecule has 0 aliphatic heterocycles. The third-order valence-electron chi connectivity index (χ3n) is 5.96. The van der Waals surface area contributed by atoms with Gasteiger partial charge in [0.05, 0.1) is 0 Å². The molecule has 31 heavy (non-hydrogen) atoms. The molecule has 0 N–H and O–H groups in total. The van der Waals surface area contributed by atoms with E-state index in [4.69, 9.17) is 11.6 Å². The number of hydrogen-bond donors (Lipinski definition) is 0. The third-order valence-corrected chi connectivity index (χ3v) is 6.21. The number of rotatable bonds is 5. The van der Waals surface area contributed by atoms with Crippen molar-refractivity contribution >= 4 is 28.1 Å². The van der Waals surface area contributed by atoms with E-state index >= 15 is 0 Å². The SMILES string of the molecule is CC(C(CC#Cc1ccccc1)c1ccc(Cl)cc1)N(C)c1ccc2ccccc2c1. The fourth-order valence-corrected chi connectivity index (χ4v) is 4.09. The maximum absolute atomic E-state index is 6.16. The van der Waals surface area contributed by atoms with Crippen LogP contribution in [0.5, 0.6) is 0 Å². The van der Waals surface area contributed by atoms with Crippen molar-refractivity contribution in [3.05, 3.63) is 113 Å². The molecule has 0 fully saturated rings. The molecule has 2 atom stereocenters. The zero-order chi connectivity index (χ0) is 21.6. The van der Waals surface area contributed by atoms with Crippen molar-refractivity contribution in [2.75, 3.05) is 11.9 Å². The molecule has 0 spiro atoms. The Morgan fingerprint density at radius 2 is 1.48 bits per heavy atom. The molecule has 2 heteroatoms. The van der Waals surface area contributed by atoms with Crippen LogP contribution >= 0.6 is 11.6 Å². The third kappa shape index (κ3) is 5.10. The van der Waals surface area contributed by atoms with Crippen molar-refractivity contribution in [2.45, 2.75) is 25.3 Å². The van der Waals surface area contributed by atoms with Gasteiger partial charge in [0.25, 0.3) is 0 Å². The fraction of sp³-hybridized carbons (Fsp3) is 0.172. The summed E-state index contributed by atoms with van der Waals surface area (Å²) in [4.78, 5) is 2.36. The maximum Gasteiger partial charge on any atom is 0.0406 e. The van der Waals surface area contributed by atoms with Crippen LogP contribution in [0.15, 0.2) is 97.1 Å². The predicted molar refractivity (Wildman–Crippen MR) is 134 cm³/mol. The largest absolute Gasteiger partial charge is 0.371 e. The Morgan fingerprint density at radius 3 is 2.23 bits per heavy atom. The average Bonchev–Trinajstić information content (AvgIpc) is 2.82. The molecule has 154 valence electrons. The van der Waals surface area contributed by atoms with Gasteiger partial charge in [0, 0.05) is 41.7 Å². The molecular formula is C29H26ClN. The molecule has 0 bridgehead atoms. The van der Waals surface area contributed by atoms with E-state index in [0.717, 1.165) is 17.0 Å². The standard InChI is InChI=1S/C29H26ClN/c1-22(31(2)28-20-17-24-12-6-7-13-26(24)21-28)29(25-15-18-27(30)19-16-25)14-8-11-23-9-4-3-5-10-23/h3-7,9-10,12-13,15-22,29H,14H2,1-2H3. The zero-order valence-electron chi connectivity index (χ0n) is 17.9. The molecule has 0 aliphatic carbocycles. The van der Waals surface area contributed by atoms with Gasteiger partial charge >= 0.3 is 0 Å². The van der Waals surface area contributed by atoms with Crippen molar-refractivity contribution in [3.63, 3.8) is 0 Å². The van der Waals surface area contributed by atoms with Crippen molar-refractivity contribution in [1.29, 1.82) is 0 Å². The van der Waals surface area contributed by atoms with E-state index in [2.05, 4.69) is 97.4 Å². The van der Waals surface area contributed by atoms with E-state index < -0.39 is 0 Å². The Labute approximate surface area is 190 Å². The van der Waals surface area contributed by atoms with Crippen LogP contribution in [0.3, 0.4) is 0 Å². The molecule has 4 rings (SSSR count). The minimum atomic E-state index is 0.255. The summed E-state index contributed by atoms with van der Waals surface area (Å²) in [6, 6.07) is 33.8. The molecule has 4 aromatic carbocycles. The van der Waals surface area contributed by atoms with Gasteiger partial charge in [-0.05, 0) is 59.7 Å². The second-order valence-corrected chi connectivity index (χ2v) is 8.35. The molecule has 0 saturated heterocycles. The lowest BCUT2D eigenvalue weighted by atomic mass is 9.88. The summed E-state index contributed by atoms with van der Waals surface area (Å²) in [5, 5.41) is 3.27. The van der Waals surface area contributed by atoms with Gasteiger partial charge in [-0.2, -0.15) is 0 Å². The lowest BCUT2D eigenvalue weighted by Crippen LogP contribution is -2.34. The normalized spacial score (nSPS) is 12.6. The number of fused-ring (bicyclic) bond motifs is 1. The van der Waals surface area contributed by atoms with E-state index in [-0.39, 0.29) is 12.0 Å². The minimum Gasteiger partial charge on any atom is -0.371 e. The number of nitrogens with zero attached hydrogens (tertiary/aromatic N) is 1. The molecule has 0 heterocycles. The molecule has 0 amide bonds. The Morgan fingerprint density at radius 1 is 0.806 bits per heavy atom. The Bertz CT molecular complexity index is 1200. The van der Waals surface area contributed by atoms with Crippen LogP contribution in [-0.2, 0) is 0 Å². The smallest absolute Gasteiger partial charge is 0.0406 e. The van der Waals surface area contributed by atoms with Gasteiger partial charge in [-0.25, -0.2) is 0 Å². The first-order valence-corrected chi connectivity index (χ1v) is 11.0. The monoisotopic (exact) mass is 423 g/mol. The summed E-state index contributed by atoms with van der Waals surface area (Å²) < 4.78 is 0. The summed E-state index contributed by atoms with van der Waals surface area (Å²) in [6.45, 7) is 2.28. The fourth-order valence-electron chi connectivity index (χ4n) is 3.96. The summed E-state index contributed by atoms with van der Waals surface area (Å²) in [5.41, 5.74) is 3.51. The average molecular weight is 424 g/mol. The van der Waals surface area contributed by atoms with Crippen molar-refractivity contribution in [1.82, 2.24) is 0 Å².